The average molecular weight is 276 g/mol. The maximum absolute atomic E-state index is 12.0. The molecule has 18 heavy (non-hydrogen) atoms. The molecular weight excluding hydrogens is 254 g/mol. The van der Waals surface area contributed by atoms with Crippen LogP contribution in [0.4, 0.5) is 0 Å². The van der Waals surface area contributed by atoms with Crippen LogP contribution in [0.1, 0.15) is 19.8 Å². The summed E-state index contributed by atoms with van der Waals surface area (Å²) in [6.45, 7) is 4.61. The van der Waals surface area contributed by atoms with Crippen LogP contribution in [0.3, 0.4) is 0 Å². The molecule has 0 aromatic heterocycles. The monoisotopic (exact) mass is 275 g/mol. The third kappa shape index (κ3) is 3.36. The predicted octanol–water partition coefficient (Wildman–Crippen LogP) is 0.000700. The van der Waals surface area contributed by atoms with E-state index < -0.39 is 0 Å². The molecule has 2 saturated heterocycles. The highest BCUT2D eigenvalue weighted by Gasteiger charge is 2.34. The standard InChI is InChI=1S/C12H21N3O2.ClH/c1-8-6-13-4-3-10(8)14-12(17)9-5-11(16)15(2)7-9;/h8-10,13H,3-7H2,1-2H3,(H,14,17);1H. The molecule has 0 aromatic carbocycles. The van der Waals surface area contributed by atoms with Crippen LogP contribution in [0.5, 0.6) is 0 Å². The summed E-state index contributed by atoms with van der Waals surface area (Å²) in [6, 6.07) is 0.254. The first-order valence-corrected chi connectivity index (χ1v) is 6.33. The number of likely N-dealkylation sites (tertiary alicyclic amines) is 1. The molecule has 0 aliphatic carbocycles. The number of nitrogens with one attached hydrogen (secondary N) is 2. The van der Waals surface area contributed by atoms with E-state index in [-0.39, 0.29) is 36.2 Å². The summed E-state index contributed by atoms with van der Waals surface area (Å²) in [5.74, 6) is 0.419. The smallest absolute Gasteiger partial charge is 0.225 e. The number of carbonyl (C=O) groups excluding carboxylic acids is 2. The summed E-state index contributed by atoms with van der Waals surface area (Å²) in [5.41, 5.74) is 0. The van der Waals surface area contributed by atoms with Crippen molar-refractivity contribution in [2.24, 2.45) is 11.8 Å². The highest BCUT2D eigenvalue weighted by Crippen LogP contribution is 2.18. The second kappa shape index (κ2) is 6.38. The minimum atomic E-state index is -0.158. The van der Waals surface area contributed by atoms with Gasteiger partial charge in [0.15, 0.2) is 0 Å². The Bertz CT molecular complexity index is 324. The van der Waals surface area contributed by atoms with Gasteiger partial charge in [-0.1, -0.05) is 6.92 Å². The molecule has 3 unspecified atom stereocenters. The van der Waals surface area contributed by atoms with Gasteiger partial charge in [0.05, 0.1) is 5.92 Å². The van der Waals surface area contributed by atoms with Crippen molar-refractivity contribution in [3.8, 4) is 0 Å². The van der Waals surface area contributed by atoms with E-state index in [0.29, 0.717) is 18.9 Å². The van der Waals surface area contributed by atoms with Gasteiger partial charge in [-0.3, -0.25) is 9.59 Å². The Balaban J connectivity index is 0.00000162. The fraction of sp³-hybridized carbons (Fsp3) is 0.833. The molecule has 3 atom stereocenters. The van der Waals surface area contributed by atoms with Crippen molar-refractivity contribution in [2.45, 2.75) is 25.8 Å². The molecule has 2 heterocycles. The summed E-state index contributed by atoms with van der Waals surface area (Å²) in [4.78, 5) is 25.1. The van der Waals surface area contributed by atoms with Crippen molar-refractivity contribution < 1.29 is 9.59 Å². The quantitative estimate of drug-likeness (QED) is 0.746. The van der Waals surface area contributed by atoms with Gasteiger partial charge < -0.3 is 15.5 Å². The Morgan fingerprint density at radius 1 is 1.50 bits per heavy atom. The fourth-order valence-corrected chi connectivity index (χ4v) is 2.57. The fourth-order valence-electron chi connectivity index (χ4n) is 2.57. The average Bonchev–Trinajstić information content (AvgIpc) is 2.63. The van der Waals surface area contributed by atoms with Gasteiger partial charge in [0.1, 0.15) is 0 Å². The highest BCUT2D eigenvalue weighted by atomic mass is 35.5. The van der Waals surface area contributed by atoms with E-state index in [1.54, 1.807) is 11.9 Å². The molecule has 2 rings (SSSR count). The molecule has 0 spiro atoms. The van der Waals surface area contributed by atoms with Crippen molar-refractivity contribution in [1.29, 1.82) is 0 Å². The lowest BCUT2D eigenvalue weighted by Crippen LogP contribution is -2.50. The zero-order valence-electron chi connectivity index (χ0n) is 10.9. The number of nitrogens with zero attached hydrogens (tertiary/aromatic N) is 1. The molecule has 2 amide bonds. The zero-order chi connectivity index (χ0) is 12.4. The maximum Gasteiger partial charge on any atom is 0.225 e. The van der Waals surface area contributed by atoms with Crippen molar-refractivity contribution in [2.75, 3.05) is 26.7 Å². The second-order valence-corrected chi connectivity index (χ2v) is 5.26. The van der Waals surface area contributed by atoms with E-state index in [1.165, 1.54) is 0 Å². The van der Waals surface area contributed by atoms with E-state index in [1.807, 2.05) is 0 Å². The topological polar surface area (TPSA) is 61.4 Å². The van der Waals surface area contributed by atoms with Gasteiger partial charge in [-0.2, -0.15) is 0 Å². The molecular formula is C12H22ClN3O2. The Kier molecular flexibility index (Phi) is 5.41. The normalized spacial score (nSPS) is 32.0. The Morgan fingerprint density at radius 2 is 2.22 bits per heavy atom. The zero-order valence-corrected chi connectivity index (χ0v) is 11.8. The molecule has 5 nitrogen and oxygen atoms in total. The third-order valence-corrected chi connectivity index (χ3v) is 3.82. The molecule has 0 saturated carbocycles. The first kappa shape index (κ1) is 15.2. The molecule has 0 radical (unpaired) electrons. The van der Waals surface area contributed by atoms with Crippen LogP contribution in [0.15, 0.2) is 0 Å². The first-order chi connectivity index (χ1) is 8.08. The van der Waals surface area contributed by atoms with Crippen LogP contribution in [-0.4, -0.2) is 49.4 Å². The lowest BCUT2D eigenvalue weighted by atomic mass is 9.94. The maximum atomic E-state index is 12.0. The summed E-state index contributed by atoms with van der Waals surface area (Å²) in [5, 5.41) is 6.40. The van der Waals surface area contributed by atoms with Gasteiger partial charge in [0, 0.05) is 26.1 Å². The van der Waals surface area contributed by atoms with Crippen molar-refractivity contribution >= 4 is 24.2 Å². The predicted molar refractivity (Wildman–Crippen MR) is 71.6 cm³/mol. The number of piperidine rings is 1. The van der Waals surface area contributed by atoms with Crippen LogP contribution in [-0.2, 0) is 9.59 Å². The third-order valence-electron chi connectivity index (χ3n) is 3.82. The summed E-state index contributed by atoms with van der Waals surface area (Å²) in [7, 11) is 1.75. The van der Waals surface area contributed by atoms with Gasteiger partial charge in [0.2, 0.25) is 11.8 Å². The largest absolute Gasteiger partial charge is 0.353 e. The van der Waals surface area contributed by atoms with Crippen LogP contribution < -0.4 is 10.6 Å². The van der Waals surface area contributed by atoms with Crippen molar-refractivity contribution in [3.63, 3.8) is 0 Å². The van der Waals surface area contributed by atoms with Crippen LogP contribution in [0.25, 0.3) is 0 Å². The molecule has 0 bridgehead atoms. The summed E-state index contributed by atoms with van der Waals surface area (Å²) < 4.78 is 0. The van der Waals surface area contributed by atoms with E-state index in [4.69, 9.17) is 0 Å². The van der Waals surface area contributed by atoms with Gasteiger partial charge in [-0.05, 0) is 25.4 Å². The molecule has 0 aromatic rings. The van der Waals surface area contributed by atoms with Crippen molar-refractivity contribution in [3.05, 3.63) is 0 Å². The molecule has 2 N–H and O–H groups in total. The van der Waals surface area contributed by atoms with Crippen LogP contribution in [0, 0.1) is 11.8 Å². The second-order valence-electron chi connectivity index (χ2n) is 5.26. The number of carbonyl (C=O) groups is 2. The SMILES string of the molecule is CC1CNCCC1NC(=O)C1CC(=O)N(C)C1.Cl. The highest BCUT2D eigenvalue weighted by molar-refractivity contribution is 5.89. The number of amides is 2. The number of halogens is 1. The van der Waals surface area contributed by atoms with Crippen LogP contribution in [0.2, 0.25) is 0 Å². The lowest BCUT2D eigenvalue weighted by Gasteiger charge is -2.31. The minimum absolute atomic E-state index is 0. The number of hydrogen-bond donors (Lipinski definition) is 2. The molecule has 104 valence electrons. The van der Waals surface area contributed by atoms with Gasteiger partial charge in [-0.25, -0.2) is 0 Å². The minimum Gasteiger partial charge on any atom is -0.353 e. The van der Waals surface area contributed by atoms with E-state index >= 15 is 0 Å². The summed E-state index contributed by atoms with van der Waals surface area (Å²) in [6.07, 6.45) is 1.34. The first-order valence-electron chi connectivity index (χ1n) is 6.33. The van der Waals surface area contributed by atoms with Gasteiger partial charge in [-0.15, -0.1) is 12.4 Å². The summed E-state index contributed by atoms with van der Waals surface area (Å²) >= 11 is 0. The Morgan fingerprint density at radius 3 is 2.78 bits per heavy atom. The van der Waals surface area contributed by atoms with Gasteiger partial charge >= 0.3 is 0 Å². The van der Waals surface area contributed by atoms with Gasteiger partial charge in [0.25, 0.3) is 0 Å². The Hall–Kier alpha value is -0.810. The van der Waals surface area contributed by atoms with Crippen LogP contribution >= 0.6 is 12.4 Å². The van der Waals surface area contributed by atoms with E-state index in [9.17, 15) is 9.59 Å². The molecule has 2 aliphatic heterocycles. The number of rotatable bonds is 2. The lowest BCUT2D eigenvalue weighted by molar-refractivity contribution is -0.128. The molecule has 2 aliphatic rings. The van der Waals surface area contributed by atoms with Crippen molar-refractivity contribution in [1.82, 2.24) is 15.5 Å². The van der Waals surface area contributed by atoms with E-state index in [2.05, 4.69) is 17.6 Å². The molecule has 6 heteroatoms. The number of hydrogen-bond acceptors (Lipinski definition) is 3. The molecule has 2 fully saturated rings. The van der Waals surface area contributed by atoms with E-state index in [0.717, 1.165) is 19.5 Å². The Labute approximate surface area is 114 Å².